The smallest absolute Gasteiger partial charge is 0.330 e. The maximum atomic E-state index is 12.7. The van der Waals surface area contributed by atoms with Crippen LogP contribution >= 0.6 is 11.8 Å². The Balaban J connectivity index is 1.51. The standard InChI is InChI=1S/C20H19N3O5S/c1-12-5-3-7-22-17(25)9-14(21-18(12)22)10-28-20(26)15-11-29-19(23(15)13(2)24)16-6-4-8-27-16/h3-9,15,19H,10-11H2,1-2H3/t15-,19-/m0/s1. The number of carbonyl (C=O) groups is 2. The Morgan fingerprint density at radius 1 is 1.34 bits per heavy atom. The number of nitrogens with zero attached hydrogens (tertiary/aromatic N) is 3. The second kappa shape index (κ2) is 7.75. The van der Waals surface area contributed by atoms with Gasteiger partial charge in [-0.15, -0.1) is 11.8 Å². The number of hydrogen-bond donors (Lipinski definition) is 0. The van der Waals surface area contributed by atoms with Gasteiger partial charge in [0.1, 0.15) is 29.4 Å². The molecule has 1 amide bonds. The number of carbonyl (C=O) groups excluding carboxylic acids is 2. The van der Waals surface area contributed by atoms with Gasteiger partial charge in [-0.3, -0.25) is 14.0 Å². The van der Waals surface area contributed by atoms with Crippen molar-refractivity contribution in [3.05, 3.63) is 70.2 Å². The molecule has 1 saturated heterocycles. The summed E-state index contributed by atoms with van der Waals surface area (Å²) in [4.78, 5) is 43.1. The van der Waals surface area contributed by atoms with Crippen molar-refractivity contribution in [3.8, 4) is 0 Å². The highest BCUT2D eigenvalue weighted by Gasteiger charge is 2.43. The number of aryl methyl sites for hydroxylation is 1. The summed E-state index contributed by atoms with van der Waals surface area (Å²) >= 11 is 1.44. The third-order valence-electron chi connectivity index (χ3n) is 4.72. The van der Waals surface area contributed by atoms with Crippen molar-refractivity contribution < 1.29 is 18.7 Å². The average Bonchev–Trinajstić information content (AvgIpc) is 3.36. The monoisotopic (exact) mass is 413 g/mol. The number of pyridine rings is 1. The van der Waals surface area contributed by atoms with Gasteiger partial charge in [0, 0.05) is 24.9 Å². The first-order valence-electron chi connectivity index (χ1n) is 9.04. The van der Waals surface area contributed by atoms with Crippen LogP contribution in [0.5, 0.6) is 0 Å². The van der Waals surface area contributed by atoms with Gasteiger partial charge in [0.05, 0.1) is 12.0 Å². The number of aromatic nitrogens is 2. The summed E-state index contributed by atoms with van der Waals surface area (Å²) in [5.41, 5.74) is 1.48. The molecule has 4 heterocycles. The van der Waals surface area contributed by atoms with Gasteiger partial charge in [-0.05, 0) is 30.7 Å². The number of fused-ring (bicyclic) bond motifs is 1. The lowest BCUT2D eigenvalue weighted by Crippen LogP contribution is -2.42. The van der Waals surface area contributed by atoms with E-state index in [1.165, 1.54) is 40.3 Å². The molecule has 0 bridgehead atoms. The summed E-state index contributed by atoms with van der Waals surface area (Å²) in [6, 6.07) is 7.76. The lowest BCUT2D eigenvalue weighted by molar-refractivity contribution is -0.154. The molecule has 4 rings (SSSR count). The number of thioether (sulfide) groups is 1. The molecule has 1 aliphatic heterocycles. The van der Waals surface area contributed by atoms with E-state index in [4.69, 9.17) is 9.15 Å². The van der Waals surface area contributed by atoms with E-state index in [0.717, 1.165) is 5.56 Å². The number of rotatable bonds is 4. The fourth-order valence-electron chi connectivity index (χ4n) is 3.35. The van der Waals surface area contributed by atoms with E-state index in [9.17, 15) is 14.4 Å². The number of furan rings is 1. The van der Waals surface area contributed by atoms with Crippen molar-refractivity contribution in [2.24, 2.45) is 0 Å². The van der Waals surface area contributed by atoms with E-state index in [0.29, 0.717) is 22.9 Å². The van der Waals surface area contributed by atoms with Crippen LogP contribution in [0.2, 0.25) is 0 Å². The zero-order chi connectivity index (χ0) is 20.5. The molecule has 8 nitrogen and oxygen atoms in total. The first-order chi connectivity index (χ1) is 14.0. The molecule has 9 heteroatoms. The molecular weight excluding hydrogens is 394 g/mol. The Hall–Kier alpha value is -3.07. The van der Waals surface area contributed by atoms with E-state index in [1.807, 2.05) is 13.0 Å². The largest absolute Gasteiger partial charge is 0.466 e. The number of hydrogen-bond acceptors (Lipinski definition) is 7. The van der Waals surface area contributed by atoms with Crippen molar-refractivity contribution in [2.75, 3.05) is 5.75 Å². The third kappa shape index (κ3) is 3.65. The Bertz CT molecular complexity index is 1120. The average molecular weight is 413 g/mol. The highest BCUT2D eigenvalue weighted by Crippen LogP contribution is 2.41. The van der Waals surface area contributed by atoms with Crippen molar-refractivity contribution >= 4 is 29.3 Å². The molecule has 29 heavy (non-hydrogen) atoms. The summed E-state index contributed by atoms with van der Waals surface area (Å²) in [5, 5.41) is -0.369. The predicted octanol–water partition coefficient (Wildman–Crippen LogP) is 2.30. The van der Waals surface area contributed by atoms with Crippen molar-refractivity contribution in [1.29, 1.82) is 0 Å². The number of esters is 1. The normalized spacial score (nSPS) is 18.9. The zero-order valence-electron chi connectivity index (χ0n) is 15.9. The van der Waals surface area contributed by atoms with Crippen LogP contribution in [0.3, 0.4) is 0 Å². The Morgan fingerprint density at radius 3 is 2.90 bits per heavy atom. The zero-order valence-corrected chi connectivity index (χ0v) is 16.7. The Kier molecular flexibility index (Phi) is 5.14. The van der Waals surface area contributed by atoms with Gasteiger partial charge in [0.25, 0.3) is 5.56 Å². The van der Waals surface area contributed by atoms with Crippen LogP contribution in [0.25, 0.3) is 5.65 Å². The van der Waals surface area contributed by atoms with E-state index in [1.54, 1.807) is 24.4 Å². The fourth-order valence-corrected chi connectivity index (χ4v) is 4.76. The maximum absolute atomic E-state index is 12.7. The van der Waals surface area contributed by atoms with Gasteiger partial charge >= 0.3 is 5.97 Å². The maximum Gasteiger partial charge on any atom is 0.330 e. The second-order valence-corrected chi connectivity index (χ2v) is 7.83. The van der Waals surface area contributed by atoms with Crippen LogP contribution < -0.4 is 5.56 Å². The van der Waals surface area contributed by atoms with E-state index in [-0.39, 0.29) is 23.4 Å². The summed E-state index contributed by atoms with van der Waals surface area (Å²) < 4.78 is 12.3. The molecule has 1 aliphatic rings. The molecule has 150 valence electrons. The first-order valence-corrected chi connectivity index (χ1v) is 10.1. The molecule has 2 atom stereocenters. The van der Waals surface area contributed by atoms with E-state index in [2.05, 4.69) is 4.98 Å². The van der Waals surface area contributed by atoms with Crippen LogP contribution in [-0.2, 0) is 20.9 Å². The molecule has 0 radical (unpaired) electrons. The van der Waals surface area contributed by atoms with Crippen LogP contribution in [0.15, 0.2) is 52.0 Å². The lowest BCUT2D eigenvalue weighted by atomic mass is 10.2. The molecule has 0 unspecified atom stereocenters. The molecule has 0 N–H and O–H groups in total. The molecule has 0 spiro atoms. The minimum Gasteiger partial charge on any atom is -0.466 e. The molecule has 0 aliphatic carbocycles. The second-order valence-electron chi connectivity index (χ2n) is 6.72. The van der Waals surface area contributed by atoms with Crippen LogP contribution in [0.1, 0.15) is 29.3 Å². The van der Waals surface area contributed by atoms with Crippen LogP contribution in [0.4, 0.5) is 0 Å². The predicted molar refractivity (Wildman–Crippen MR) is 106 cm³/mol. The Labute approximate surface area is 170 Å². The summed E-state index contributed by atoms with van der Waals surface area (Å²) in [6.45, 7) is 3.13. The quantitative estimate of drug-likeness (QED) is 0.606. The molecular formula is C20H19N3O5S. The summed E-state index contributed by atoms with van der Waals surface area (Å²) in [6.07, 6.45) is 3.18. The van der Waals surface area contributed by atoms with Crippen molar-refractivity contribution in [1.82, 2.24) is 14.3 Å². The van der Waals surface area contributed by atoms with Gasteiger partial charge in [0.15, 0.2) is 0 Å². The summed E-state index contributed by atoms with van der Waals surface area (Å²) in [7, 11) is 0. The first kappa shape index (κ1) is 19.3. The van der Waals surface area contributed by atoms with Crippen molar-refractivity contribution in [2.45, 2.75) is 31.9 Å². The van der Waals surface area contributed by atoms with Gasteiger partial charge in [0.2, 0.25) is 5.91 Å². The van der Waals surface area contributed by atoms with Gasteiger partial charge in [-0.2, -0.15) is 0 Å². The highest BCUT2D eigenvalue weighted by atomic mass is 32.2. The molecule has 3 aromatic heterocycles. The topological polar surface area (TPSA) is 94.1 Å². The molecule has 1 fully saturated rings. The van der Waals surface area contributed by atoms with Crippen molar-refractivity contribution in [3.63, 3.8) is 0 Å². The summed E-state index contributed by atoms with van der Waals surface area (Å²) in [5.74, 6) is 0.237. The molecule has 3 aromatic rings. The van der Waals surface area contributed by atoms with E-state index >= 15 is 0 Å². The third-order valence-corrected chi connectivity index (χ3v) is 6.01. The highest BCUT2D eigenvalue weighted by molar-refractivity contribution is 7.99. The Morgan fingerprint density at radius 2 is 2.17 bits per heavy atom. The molecule has 0 aromatic carbocycles. The molecule has 0 saturated carbocycles. The van der Waals surface area contributed by atoms with Crippen LogP contribution in [-0.4, -0.2) is 38.0 Å². The SMILES string of the molecule is CC(=O)N1[C@H](C(=O)OCc2cc(=O)n3cccc(C)c3n2)CS[C@H]1c1ccco1. The minimum atomic E-state index is -0.726. The van der Waals surface area contributed by atoms with Crippen LogP contribution in [0, 0.1) is 6.92 Å². The number of ether oxygens (including phenoxy) is 1. The van der Waals surface area contributed by atoms with Gasteiger partial charge < -0.3 is 14.1 Å². The lowest BCUT2D eigenvalue weighted by Gasteiger charge is -2.25. The van der Waals surface area contributed by atoms with E-state index < -0.39 is 12.0 Å². The number of amides is 1. The fraction of sp³-hybridized carbons (Fsp3) is 0.300. The van der Waals surface area contributed by atoms with Gasteiger partial charge in [-0.25, -0.2) is 9.78 Å². The van der Waals surface area contributed by atoms with Gasteiger partial charge in [-0.1, -0.05) is 6.07 Å². The minimum absolute atomic E-state index is 0.142.